The minimum absolute atomic E-state index is 0.123. The Morgan fingerprint density at radius 2 is 1.67 bits per heavy atom. The van der Waals surface area contributed by atoms with Gasteiger partial charge >= 0.3 is 5.97 Å². The average molecular weight is 370 g/mol. The molecule has 0 aliphatic carbocycles. The molecule has 27 heavy (non-hydrogen) atoms. The Kier molecular flexibility index (Phi) is 8.16. The van der Waals surface area contributed by atoms with Crippen LogP contribution in [-0.2, 0) is 9.53 Å². The van der Waals surface area contributed by atoms with Gasteiger partial charge in [-0.05, 0) is 49.2 Å². The lowest BCUT2D eigenvalue weighted by Crippen LogP contribution is -2.21. The van der Waals surface area contributed by atoms with Crippen LogP contribution in [0.25, 0.3) is 0 Å². The summed E-state index contributed by atoms with van der Waals surface area (Å²) in [5, 5.41) is 5.85. The number of rotatable bonds is 10. The van der Waals surface area contributed by atoms with Crippen LogP contribution < -0.4 is 15.4 Å². The Hall–Kier alpha value is -3.02. The van der Waals surface area contributed by atoms with E-state index in [4.69, 9.17) is 9.47 Å². The van der Waals surface area contributed by atoms with Crippen LogP contribution in [0.1, 0.15) is 37.0 Å². The van der Waals surface area contributed by atoms with E-state index >= 15 is 0 Å². The molecule has 6 heteroatoms. The first-order valence-corrected chi connectivity index (χ1v) is 9.16. The van der Waals surface area contributed by atoms with E-state index in [0.717, 1.165) is 24.3 Å². The summed E-state index contributed by atoms with van der Waals surface area (Å²) in [5.74, 6) is 0.227. The lowest BCUT2D eigenvalue weighted by molar-refractivity contribution is -0.114. The minimum atomic E-state index is -0.360. The van der Waals surface area contributed by atoms with Crippen molar-refractivity contribution < 1.29 is 19.1 Å². The van der Waals surface area contributed by atoms with Gasteiger partial charge in [0.15, 0.2) is 0 Å². The number of benzene rings is 2. The van der Waals surface area contributed by atoms with Gasteiger partial charge in [-0.1, -0.05) is 19.9 Å². The number of anilines is 2. The second kappa shape index (κ2) is 10.9. The van der Waals surface area contributed by atoms with Crippen LogP contribution in [0.2, 0.25) is 0 Å². The van der Waals surface area contributed by atoms with Crippen molar-refractivity contribution in [1.29, 1.82) is 0 Å². The van der Waals surface area contributed by atoms with E-state index in [1.54, 1.807) is 24.3 Å². The maximum absolute atomic E-state index is 12.1. The van der Waals surface area contributed by atoms with E-state index in [2.05, 4.69) is 10.6 Å². The van der Waals surface area contributed by atoms with Crippen molar-refractivity contribution in [1.82, 2.24) is 0 Å². The normalized spacial score (nSPS) is 10.1. The fourth-order valence-corrected chi connectivity index (χ4v) is 2.27. The van der Waals surface area contributed by atoms with Crippen LogP contribution in [0.3, 0.4) is 0 Å². The van der Waals surface area contributed by atoms with Gasteiger partial charge in [0.25, 0.3) is 0 Å². The van der Waals surface area contributed by atoms with Crippen LogP contribution in [-0.4, -0.2) is 31.6 Å². The highest BCUT2D eigenvalue weighted by Crippen LogP contribution is 2.17. The van der Waals surface area contributed by atoms with Gasteiger partial charge in [-0.15, -0.1) is 0 Å². The van der Waals surface area contributed by atoms with Crippen molar-refractivity contribution in [3.8, 4) is 5.75 Å². The van der Waals surface area contributed by atoms with E-state index in [1.807, 2.05) is 38.1 Å². The second-order valence-electron chi connectivity index (χ2n) is 5.99. The molecule has 0 spiro atoms. The first-order chi connectivity index (χ1) is 13.1. The SMILES string of the molecule is CCCOC(=O)c1ccc(NC(=O)CNc2cccc(OCCC)c2)cc1. The summed E-state index contributed by atoms with van der Waals surface area (Å²) in [5.41, 5.74) is 1.89. The van der Waals surface area contributed by atoms with Gasteiger partial charge in [0, 0.05) is 17.4 Å². The molecule has 0 fully saturated rings. The molecule has 2 aromatic rings. The molecule has 0 heterocycles. The highest BCUT2D eigenvalue weighted by molar-refractivity contribution is 5.95. The number of ether oxygens (including phenoxy) is 2. The van der Waals surface area contributed by atoms with Gasteiger partial charge in [-0.25, -0.2) is 4.79 Å². The predicted octanol–water partition coefficient (Wildman–Crippen LogP) is 4.09. The Balaban J connectivity index is 1.82. The summed E-state index contributed by atoms with van der Waals surface area (Å²) in [6.07, 6.45) is 1.72. The molecular formula is C21H26N2O4. The molecule has 2 rings (SSSR count). The fourth-order valence-electron chi connectivity index (χ4n) is 2.27. The molecular weight excluding hydrogens is 344 g/mol. The van der Waals surface area contributed by atoms with E-state index < -0.39 is 0 Å². The Morgan fingerprint density at radius 1 is 0.926 bits per heavy atom. The molecule has 0 atom stereocenters. The first kappa shape index (κ1) is 20.3. The highest BCUT2D eigenvalue weighted by atomic mass is 16.5. The lowest BCUT2D eigenvalue weighted by atomic mass is 10.2. The van der Waals surface area contributed by atoms with Crippen LogP contribution in [0.5, 0.6) is 5.75 Å². The molecule has 0 unspecified atom stereocenters. The standard InChI is InChI=1S/C21H26N2O4/c1-3-12-26-19-7-5-6-18(14-19)22-15-20(24)23-17-10-8-16(9-11-17)21(25)27-13-4-2/h5-11,14,22H,3-4,12-13,15H2,1-2H3,(H,23,24). The number of hydrogen-bond acceptors (Lipinski definition) is 5. The summed E-state index contributed by atoms with van der Waals surface area (Å²) < 4.78 is 10.6. The zero-order valence-electron chi connectivity index (χ0n) is 15.8. The third-order valence-electron chi connectivity index (χ3n) is 3.60. The van der Waals surface area contributed by atoms with E-state index in [-0.39, 0.29) is 18.4 Å². The number of carbonyl (C=O) groups excluding carboxylic acids is 2. The molecule has 0 radical (unpaired) electrons. The molecule has 0 saturated carbocycles. The summed E-state index contributed by atoms with van der Waals surface area (Å²) in [4.78, 5) is 23.9. The number of hydrogen-bond donors (Lipinski definition) is 2. The molecule has 2 N–H and O–H groups in total. The number of esters is 1. The topological polar surface area (TPSA) is 76.7 Å². The van der Waals surface area contributed by atoms with Gasteiger partial charge in [0.2, 0.25) is 5.91 Å². The van der Waals surface area contributed by atoms with Crippen LogP contribution in [0.15, 0.2) is 48.5 Å². The zero-order valence-corrected chi connectivity index (χ0v) is 15.8. The zero-order chi connectivity index (χ0) is 19.5. The molecule has 6 nitrogen and oxygen atoms in total. The molecule has 144 valence electrons. The maximum atomic E-state index is 12.1. The van der Waals surface area contributed by atoms with E-state index in [1.165, 1.54) is 0 Å². The van der Waals surface area contributed by atoms with Crippen LogP contribution in [0, 0.1) is 0 Å². The molecule has 0 aromatic heterocycles. The summed E-state index contributed by atoms with van der Waals surface area (Å²) in [6.45, 7) is 5.17. The minimum Gasteiger partial charge on any atom is -0.494 e. The van der Waals surface area contributed by atoms with E-state index in [0.29, 0.717) is 24.5 Å². The third-order valence-corrected chi connectivity index (χ3v) is 3.60. The molecule has 0 bridgehead atoms. The van der Waals surface area contributed by atoms with Crippen molar-refractivity contribution in [2.45, 2.75) is 26.7 Å². The molecule has 0 saturated heterocycles. The smallest absolute Gasteiger partial charge is 0.338 e. The third kappa shape index (κ3) is 7.01. The van der Waals surface area contributed by atoms with Crippen molar-refractivity contribution in [3.63, 3.8) is 0 Å². The Morgan fingerprint density at radius 3 is 2.37 bits per heavy atom. The number of amides is 1. The number of nitrogens with one attached hydrogen (secondary N) is 2. The molecule has 0 aliphatic heterocycles. The van der Waals surface area contributed by atoms with Gasteiger partial charge in [-0.3, -0.25) is 4.79 Å². The van der Waals surface area contributed by atoms with Gasteiger partial charge in [0.05, 0.1) is 25.3 Å². The van der Waals surface area contributed by atoms with E-state index in [9.17, 15) is 9.59 Å². The van der Waals surface area contributed by atoms with Crippen molar-refractivity contribution in [3.05, 3.63) is 54.1 Å². The average Bonchev–Trinajstić information content (AvgIpc) is 2.70. The van der Waals surface area contributed by atoms with Gasteiger partial charge in [-0.2, -0.15) is 0 Å². The number of carbonyl (C=O) groups is 2. The first-order valence-electron chi connectivity index (χ1n) is 9.16. The molecule has 0 aliphatic rings. The predicted molar refractivity (Wildman–Crippen MR) is 106 cm³/mol. The largest absolute Gasteiger partial charge is 0.494 e. The van der Waals surface area contributed by atoms with Gasteiger partial charge < -0.3 is 20.1 Å². The van der Waals surface area contributed by atoms with Crippen molar-refractivity contribution in [2.24, 2.45) is 0 Å². The quantitative estimate of drug-likeness (QED) is 0.616. The second-order valence-corrected chi connectivity index (χ2v) is 5.99. The van der Waals surface area contributed by atoms with Crippen molar-refractivity contribution >= 4 is 23.3 Å². The summed E-state index contributed by atoms with van der Waals surface area (Å²) >= 11 is 0. The monoisotopic (exact) mass is 370 g/mol. The summed E-state index contributed by atoms with van der Waals surface area (Å²) in [7, 11) is 0. The Labute approximate surface area is 159 Å². The summed E-state index contributed by atoms with van der Waals surface area (Å²) in [6, 6.07) is 14.1. The lowest BCUT2D eigenvalue weighted by Gasteiger charge is -2.10. The van der Waals surface area contributed by atoms with Crippen LogP contribution in [0.4, 0.5) is 11.4 Å². The molecule has 2 aromatic carbocycles. The van der Waals surface area contributed by atoms with Crippen molar-refractivity contribution in [2.75, 3.05) is 30.4 Å². The van der Waals surface area contributed by atoms with Crippen LogP contribution >= 0.6 is 0 Å². The maximum Gasteiger partial charge on any atom is 0.338 e. The van der Waals surface area contributed by atoms with Gasteiger partial charge in [0.1, 0.15) is 5.75 Å². The highest BCUT2D eigenvalue weighted by Gasteiger charge is 2.08. The Bertz CT molecular complexity index is 744. The molecule has 1 amide bonds. The fraction of sp³-hybridized carbons (Fsp3) is 0.333.